The molecule has 0 radical (unpaired) electrons. The molecule has 1 N–H and O–H groups in total. The van der Waals surface area contributed by atoms with E-state index in [1.54, 1.807) is 18.3 Å². The van der Waals surface area contributed by atoms with Crippen molar-refractivity contribution in [3.63, 3.8) is 0 Å². The summed E-state index contributed by atoms with van der Waals surface area (Å²) in [6, 6.07) is 4.10. The Bertz CT molecular complexity index is 550. The highest BCUT2D eigenvalue weighted by molar-refractivity contribution is 5.32. The fraction of sp³-hybridized carbons (Fsp3) is 0.267. The Hall–Kier alpha value is -1.88. The molecule has 2 aromatic rings. The highest BCUT2D eigenvalue weighted by atomic mass is 19.1. The number of nitrogens with one attached hydrogen (secondary N) is 1. The quantitative estimate of drug-likeness (QED) is 0.905. The number of aromatic nitrogens is 1. The molecule has 1 aromatic heterocycles. The molecule has 0 amide bonds. The summed E-state index contributed by atoms with van der Waals surface area (Å²) in [6.45, 7) is 2.53. The second-order valence-corrected chi connectivity index (χ2v) is 4.46. The predicted molar refractivity (Wildman–Crippen MR) is 70.7 cm³/mol. The molecule has 0 aliphatic carbocycles. The summed E-state index contributed by atoms with van der Waals surface area (Å²) >= 11 is 0. The van der Waals surface area contributed by atoms with E-state index < -0.39 is 23.5 Å². The normalized spacial score (nSPS) is 12.4. The van der Waals surface area contributed by atoms with Crippen LogP contribution in [0.25, 0.3) is 0 Å². The molecule has 0 bridgehead atoms. The van der Waals surface area contributed by atoms with E-state index in [1.165, 1.54) is 6.20 Å². The summed E-state index contributed by atoms with van der Waals surface area (Å²) in [7, 11) is 0. The van der Waals surface area contributed by atoms with Crippen LogP contribution in [0.4, 0.5) is 13.2 Å². The third-order valence-corrected chi connectivity index (χ3v) is 2.95. The molecule has 106 valence electrons. The first-order valence-corrected chi connectivity index (χ1v) is 6.41. The topological polar surface area (TPSA) is 24.9 Å². The van der Waals surface area contributed by atoms with Crippen molar-refractivity contribution in [2.24, 2.45) is 0 Å². The van der Waals surface area contributed by atoms with Crippen LogP contribution in [0.2, 0.25) is 0 Å². The number of rotatable bonds is 5. The smallest absolute Gasteiger partial charge is 0.134 e. The summed E-state index contributed by atoms with van der Waals surface area (Å²) in [4.78, 5) is 3.96. The standard InChI is InChI=1S/C15H15F3N2/c1-2-5-20-15(10-4-3-6-19-9-10)14-12(17)7-11(16)8-13(14)18/h3-4,6-9,15,20H,2,5H2,1H3. The molecule has 0 saturated carbocycles. The minimum atomic E-state index is -0.927. The van der Waals surface area contributed by atoms with Gasteiger partial charge in [0.25, 0.3) is 0 Å². The Morgan fingerprint density at radius 2 is 1.90 bits per heavy atom. The lowest BCUT2D eigenvalue weighted by atomic mass is 9.98. The van der Waals surface area contributed by atoms with Gasteiger partial charge in [-0.15, -0.1) is 0 Å². The Labute approximate surface area is 115 Å². The molecule has 0 aliphatic rings. The number of hydrogen-bond acceptors (Lipinski definition) is 2. The molecular formula is C15H15F3N2. The molecule has 1 atom stereocenters. The van der Waals surface area contributed by atoms with Crippen LogP contribution in [-0.2, 0) is 0 Å². The van der Waals surface area contributed by atoms with Crippen molar-refractivity contribution in [1.29, 1.82) is 0 Å². The van der Waals surface area contributed by atoms with Gasteiger partial charge in [0.15, 0.2) is 0 Å². The SMILES string of the molecule is CCCNC(c1cccnc1)c1c(F)cc(F)cc1F. The van der Waals surface area contributed by atoms with Crippen molar-refractivity contribution in [2.45, 2.75) is 19.4 Å². The van der Waals surface area contributed by atoms with Crippen molar-refractivity contribution in [1.82, 2.24) is 10.3 Å². The van der Waals surface area contributed by atoms with E-state index in [0.717, 1.165) is 6.42 Å². The average Bonchev–Trinajstić information content (AvgIpc) is 2.42. The van der Waals surface area contributed by atoms with Crippen LogP contribution in [0.3, 0.4) is 0 Å². The van der Waals surface area contributed by atoms with Crippen LogP contribution >= 0.6 is 0 Å². The molecule has 2 rings (SSSR count). The van der Waals surface area contributed by atoms with Gasteiger partial charge in [-0.05, 0) is 24.6 Å². The van der Waals surface area contributed by atoms with Gasteiger partial charge in [0.1, 0.15) is 17.5 Å². The lowest BCUT2D eigenvalue weighted by molar-refractivity contribution is 0.486. The summed E-state index contributed by atoms with van der Waals surface area (Å²) in [6.07, 6.45) is 3.93. The second-order valence-electron chi connectivity index (χ2n) is 4.46. The third kappa shape index (κ3) is 3.17. The van der Waals surface area contributed by atoms with E-state index in [-0.39, 0.29) is 5.56 Å². The molecule has 0 fully saturated rings. The lowest BCUT2D eigenvalue weighted by Crippen LogP contribution is -2.25. The second kappa shape index (κ2) is 6.52. The molecule has 0 aliphatic heterocycles. The van der Waals surface area contributed by atoms with Crippen LogP contribution in [-0.4, -0.2) is 11.5 Å². The molecule has 1 aromatic carbocycles. The van der Waals surface area contributed by atoms with Gasteiger partial charge in [0.2, 0.25) is 0 Å². The van der Waals surface area contributed by atoms with Gasteiger partial charge in [-0.25, -0.2) is 13.2 Å². The highest BCUT2D eigenvalue weighted by Crippen LogP contribution is 2.27. The average molecular weight is 280 g/mol. The van der Waals surface area contributed by atoms with Gasteiger partial charge in [0, 0.05) is 30.1 Å². The predicted octanol–water partition coefficient (Wildman–Crippen LogP) is 3.59. The first-order valence-electron chi connectivity index (χ1n) is 6.41. The summed E-state index contributed by atoms with van der Waals surface area (Å²) in [5.41, 5.74) is 0.443. The van der Waals surface area contributed by atoms with E-state index in [2.05, 4.69) is 10.3 Å². The van der Waals surface area contributed by atoms with Gasteiger partial charge >= 0.3 is 0 Å². The largest absolute Gasteiger partial charge is 0.306 e. The van der Waals surface area contributed by atoms with E-state index >= 15 is 0 Å². The number of pyridine rings is 1. The van der Waals surface area contributed by atoms with Crippen LogP contribution < -0.4 is 5.32 Å². The molecule has 20 heavy (non-hydrogen) atoms. The maximum absolute atomic E-state index is 13.9. The van der Waals surface area contributed by atoms with Crippen LogP contribution in [0.15, 0.2) is 36.7 Å². The Balaban J connectivity index is 2.47. The van der Waals surface area contributed by atoms with Crippen molar-refractivity contribution < 1.29 is 13.2 Å². The van der Waals surface area contributed by atoms with E-state index in [9.17, 15) is 13.2 Å². The number of benzene rings is 1. The number of halogens is 3. The lowest BCUT2D eigenvalue weighted by Gasteiger charge is -2.20. The van der Waals surface area contributed by atoms with E-state index in [0.29, 0.717) is 24.2 Å². The molecular weight excluding hydrogens is 265 g/mol. The zero-order chi connectivity index (χ0) is 14.5. The minimum absolute atomic E-state index is 0.187. The van der Waals surface area contributed by atoms with Crippen molar-refractivity contribution in [3.05, 3.63) is 65.2 Å². The molecule has 5 heteroatoms. The van der Waals surface area contributed by atoms with Crippen LogP contribution in [0, 0.1) is 17.5 Å². The van der Waals surface area contributed by atoms with Gasteiger partial charge in [-0.3, -0.25) is 4.98 Å². The molecule has 1 heterocycles. The maximum Gasteiger partial charge on any atom is 0.134 e. The Kier molecular flexibility index (Phi) is 4.74. The highest BCUT2D eigenvalue weighted by Gasteiger charge is 2.22. The van der Waals surface area contributed by atoms with E-state index in [1.807, 2.05) is 6.92 Å². The zero-order valence-electron chi connectivity index (χ0n) is 11.0. The summed E-state index contributed by atoms with van der Waals surface area (Å²) < 4.78 is 40.9. The first kappa shape index (κ1) is 14.5. The minimum Gasteiger partial charge on any atom is -0.306 e. The monoisotopic (exact) mass is 280 g/mol. The molecule has 0 saturated heterocycles. The molecule has 1 unspecified atom stereocenters. The zero-order valence-corrected chi connectivity index (χ0v) is 11.0. The first-order chi connectivity index (χ1) is 9.63. The van der Waals surface area contributed by atoms with Gasteiger partial charge in [-0.2, -0.15) is 0 Å². The number of hydrogen-bond donors (Lipinski definition) is 1. The summed E-state index contributed by atoms with van der Waals surface area (Å²) in [5, 5.41) is 3.06. The van der Waals surface area contributed by atoms with Crippen LogP contribution in [0.5, 0.6) is 0 Å². The van der Waals surface area contributed by atoms with Crippen molar-refractivity contribution in [2.75, 3.05) is 6.54 Å². The van der Waals surface area contributed by atoms with E-state index in [4.69, 9.17) is 0 Å². The fourth-order valence-corrected chi connectivity index (χ4v) is 2.05. The fourth-order valence-electron chi connectivity index (χ4n) is 2.05. The van der Waals surface area contributed by atoms with Gasteiger partial charge in [-0.1, -0.05) is 13.0 Å². The van der Waals surface area contributed by atoms with Crippen LogP contribution in [0.1, 0.15) is 30.5 Å². The van der Waals surface area contributed by atoms with Crippen molar-refractivity contribution >= 4 is 0 Å². The third-order valence-electron chi connectivity index (χ3n) is 2.95. The van der Waals surface area contributed by atoms with Gasteiger partial charge in [0.05, 0.1) is 6.04 Å². The van der Waals surface area contributed by atoms with Gasteiger partial charge < -0.3 is 5.32 Å². The Morgan fingerprint density at radius 1 is 1.20 bits per heavy atom. The molecule has 0 spiro atoms. The summed E-state index contributed by atoms with van der Waals surface area (Å²) in [5.74, 6) is -2.73. The van der Waals surface area contributed by atoms with Crippen molar-refractivity contribution in [3.8, 4) is 0 Å². The number of nitrogens with zero attached hydrogens (tertiary/aromatic N) is 1. The molecule has 2 nitrogen and oxygen atoms in total. The Morgan fingerprint density at radius 3 is 2.45 bits per heavy atom. The maximum atomic E-state index is 13.9.